The van der Waals surface area contributed by atoms with Gasteiger partial charge in [0.15, 0.2) is 0 Å². The number of nitrogens with one attached hydrogen (secondary N) is 1. The van der Waals surface area contributed by atoms with Crippen molar-refractivity contribution in [3.05, 3.63) is 0 Å². The summed E-state index contributed by atoms with van der Waals surface area (Å²) < 4.78 is 10.9. The molecule has 0 saturated heterocycles. The Hall–Kier alpha value is -1.11. The largest absolute Gasteiger partial charge is 0.783 e. The van der Waals surface area contributed by atoms with E-state index in [1.807, 2.05) is 0 Å². The van der Waals surface area contributed by atoms with E-state index in [0.717, 1.165) is 4.58 Å². The fraction of sp³-hybridized carbons (Fsp3) is 0.500. The van der Waals surface area contributed by atoms with Gasteiger partial charge in [-0.15, -0.1) is 0 Å². The molecule has 0 radical (unpaired) electrons. The lowest BCUT2D eigenvalue weighted by Crippen LogP contribution is -2.45. The molecule has 0 fully saturated rings. The summed E-state index contributed by atoms with van der Waals surface area (Å²) in [5, 5.41) is 11.4. The summed E-state index contributed by atoms with van der Waals surface area (Å²) in [6.07, 6.45) is 0. The monoisotopic (exact) mass is 209 g/mol. The van der Waals surface area contributed by atoms with Gasteiger partial charge in [0.25, 0.3) is 0 Å². The molecule has 0 rings (SSSR count). The summed E-state index contributed by atoms with van der Waals surface area (Å²) in [6.45, 7) is -0.612. The maximum Gasteiger partial charge on any atom is 0.346 e. The van der Waals surface area contributed by atoms with Crippen molar-refractivity contribution in [3.8, 4) is 0 Å². The molecule has 0 atom stereocenters. The van der Waals surface area contributed by atoms with E-state index in [1.54, 1.807) is 0 Å². The van der Waals surface area contributed by atoms with E-state index >= 15 is 0 Å². The van der Waals surface area contributed by atoms with Gasteiger partial charge in [0, 0.05) is 0 Å². The lowest BCUT2D eigenvalue weighted by Gasteiger charge is -2.26. The molecule has 0 aromatic carbocycles. The van der Waals surface area contributed by atoms with Crippen LogP contribution in [0.5, 0.6) is 0 Å². The van der Waals surface area contributed by atoms with Crippen molar-refractivity contribution in [1.29, 1.82) is 0 Å². The number of likely N-dealkylation sites (N-methyl/N-ethyl adjacent to an activating group) is 1. The van der Waals surface area contributed by atoms with Crippen molar-refractivity contribution < 1.29 is 28.8 Å². The minimum Gasteiger partial charge on any atom is -0.783 e. The molecule has 0 aliphatic rings. The highest BCUT2D eigenvalue weighted by molar-refractivity contribution is 7.47. The standard InChI is InChI=1S/C4H10N3O5P/c1-7(2-3(8)9)4(5)6-13(10,11)12/h2H2,1H3,(H5,5,6,8,9,10,11,12)/p-2. The molecule has 0 aromatic heterocycles. The minimum absolute atomic E-state index is 0.558. The minimum atomic E-state index is -4.99. The van der Waals surface area contributed by atoms with Crippen LogP contribution in [0.2, 0.25) is 0 Å². The van der Waals surface area contributed by atoms with Crippen LogP contribution in [-0.4, -0.2) is 30.1 Å². The molecule has 0 spiro atoms. The summed E-state index contributed by atoms with van der Waals surface area (Å²) in [7, 11) is -3.80. The normalized spacial score (nSPS) is 13.5. The summed E-state index contributed by atoms with van der Waals surface area (Å²) in [5.41, 5.74) is 5.02. The lowest BCUT2D eigenvalue weighted by atomic mass is 10.6. The fourth-order valence-electron chi connectivity index (χ4n) is 0.504. The van der Waals surface area contributed by atoms with E-state index in [9.17, 15) is 24.3 Å². The third-order valence-electron chi connectivity index (χ3n) is 1.03. The van der Waals surface area contributed by atoms with Gasteiger partial charge in [-0.3, -0.25) is 15.4 Å². The average Bonchev–Trinajstić information content (AvgIpc) is 1.81. The molecule has 0 heterocycles. The maximum atomic E-state index is 10.1. The van der Waals surface area contributed by atoms with Crippen LogP contribution in [0.15, 0.2) is 0 Å². The Morgan fingerprint density at radius 1 is 1.62 bits per heavy atom. The lowest BCUT2D eigenvalue weighted by molar-refractivity contribution is -0.502. The predicted molar refractivity (Wildman–Crippen MR) is 36.0 cm³/mol. The SMILES string of the molecule is C[N+](CC(=O)[O-])=C(N)NP(=O)([O-])[O-]. The number of carboxylic acid groups (broad SMARTS) is 1. The van der Waals surface area contributed by atoms with E-state index in [2.05, 4.69) is 0 Å². The van der Waals surface area contributed by atoms with Crippen LogP contribution >= 0.6 is 7.75 Å². The van der Waals surface area contributed by atoms with E-state index in [0.29, 0.717) is 0 Å². The van der Waals surface area contributed by atoms with Crippen LogP contribution in [0.25, 0.3) is 0 Å². The van der Waals surface area contributed by atoms with Crippen molar-refractivity contribution in [2.24, 2.45) is 5.73 Å². The first-order chi connectivity index (χ1) is 5.72. The summed E-state index contributed by atoms with van der Waals surface area (Å²) in [6, 6.07) is 0. The number of hydrogen-bond acceptors (Lipinski definition) is 5. The summed E-state index contributed by atoms with van der Waals surface area (Å²) in [5.74, 6) is -2.00. The van der Waals surface area contributed by atoms with Gasteiger partial charge in [0.1, 0.15) is 6.54 Å². The zero-order chi connectivity index (χ0) is 10.6. The number of nitrogens with zero attached hydrogens (tertiary/aromatic N) is 1. The Morgan fingerprint density at radius 2 is 2.08 bits per heavy atom. The van der Waals surface area contributed by atoms with Crippen molar-refractivity contribution in [1.82, 2.24) is 5.09 Å². The number of aliphatic carboxylic acids is 1. The number of guanidine groups is 1. The predicted octanol–water partition coefficient (Wildman–Crippen LogP) is -4.89. The van der Waals surface area contributed by atoms with Crippen LogP contribution in [0.3, 0.4) is 0 Å². The number of carboxylic acids is 1. The number of rotatable bonds is 3. The smallest absolute Gasteiger partial charge is 0.346 e. The molecular formula is C4H8N3O5P-2. The highest BCUT2D eigenvalue weighted by Gasteiger charge is 2.05. The molecule has 13 heavy (non-hydrogen) atoms. The molecule has 0 saturated carbocycles. The molecule has 0 amide bonds. The first kappa shape index (κ1) is 11.9. The summed E-state index contributed by atoms with van der Waals surface area (Å²) in [4.78, 5) is 30.2. The Labute approximate surface area is 73.9 Å². The first-order valence-electron chi connectivity index (χ1n) is 3.06. The van der Waals surface area contributed by atoms with Crippen LogP contribution in [-0.2, 0) is 9.36 Å². The van der Waals surface area contributed by atoms with E-state index in [-0.39, 0.29) is 0 Å². The number of hydrogen-bond donors (Lipinski definition) is 2. The number of carbonyl (C=O) groups excluding carboxylic acids is 1. The van der Waals surface area contributed by atoms with Crippen LogP contribution in [0.1, 0.15) is 0 Å². The molecule has 3 N–H and O–H groups in total. The van der Waals surface area contributed by atoms with E-state index in [4.69, 9.17) is 5.73 Å². The Morgan fingerprint density at radius 3 is 2.38 bits per heavy atom. The van der Waals surface area contributed by atoms with Crippen molar-refractivity contribution in [3.63, 3.8) is 0 Å². The maximum absolute atomic E-state index is 10.1. The molecule has 76 valence electrons. The van der Waals surface area contributed by atoms with Crippen LogP contribution < -0.4 is 25.7 Å². The Balaban J connectivity index is 4.45. The zero-order valence-electron chi connectivity index (χ0n) is 6.72. The van der Waals surface area contributed by atoms with Crippen molar-refractivity contribution in [2.75, 3.05) is 13.6 Å². The fourth-order valence-corrected chi connectivity index (χ4v) is 0.956. The molecule has 0 unspecified atom stereocenters. The quantitative estimate of drug-likeness (QED) is 0.205. The van der Waals surface area contributed by atoms with Crippen molar-refractivity contribution >= 4 is 19.7 Å². The Kier molecular flexibility index (Phi) is 3.86. The van der Waals surface area contributed by atoms with Gasteiger partial charge in [-0.05, 0) is 0 Å². The number of nitrogens with two attached hydrogens (primary N) is 1. The zero-order valence-corrected chi connectivity index (χ0v) is 7.61. The third kappa shape index (κ3) is 6.09. The van der Waals surface area contributed by atoms with Crippen LogP contribution in [0.4, 0.5) is 0 Å². The van der Waals surface area contributed by atoms with E-state index < -0.39 is 26.2 Å². The molecule has 0 aliphatic heterocycles. The molecular weight excluding hydrogens is 201 g/mol. The van der Waals surface area contributed by atoms with Gasteiger partial charge in [-0.1, -0.05) is 0 Å². The van der Waals surface area contributed by atoms with Crippen LogP contribution in [0, 0.1) is 0 Å². The van der Waals surface area contributed by atoms with E-state index in [1.165, 1.54) is 12.1 Å². The topological polar surface area (TPSA) is 144 Å². The molecule has 8 nitrogen and oxygen atoms in total. The molecule has 0 aromatic rings. The van der Waals surface area contributed by atoms with Gasteiger partial charge in [-0.25, -0.2) is 0 Å². The van der Waals surface area contributed by atoms with Gasteiger partial charge in [0.05, 0.1) is 20.8 Å². The van der Waals surface area contributed by atoms with Gasteiger partial charge < -0.3 is 24.3 Å². The average molecular weight is 209 g/mol. The molecule has 9 heteroatoms. The second-order valence-electron chi connectivity index (χ2n) is 2.22. The third-order valence-corrected chi connectivity index (χ3v) is 1.53. The van der Waals surface area contributed by atoms with Crippen molar-refractivity contribution in [2.45, 2.75) is 0 Å². The Bertz CT molecular complexity index is 282. The molecule has 0 aliphatic carbocycles. The van der Waals surface area contributed by atoms with Gasteiger partial charge >= 0.3 is 5.96 Å². The first-order valence-corrected chi connectivity index (χ1v) is 4.60. The summed E-state index contributed by atoms with van der Waals surface area (Å²) >= 11 is 0. The number of carbonyl (C=O) groups is 1. The molecule has 0 bridgehead atoms. The van der Waals surface area contributed by atoms with Gasteiger partial charge in [-0.2, -0.15) is 0 Å². The highest BCUT2D eigenvalue weighted by atomic mass is 31.2. The highest BCUT2D eigenvalue weighted by Crippen LogP contribution is 2.13. The second kappa shape index (κ2) is 4.22. The van der Waals surface area contributed by atoms with Gasteiger partial charge in [0.2, 0.25) is 0 Å². The second-order valence-corrected chi connectivity index (χ2v) is 3.44.